The smallest absolute Gasteiger partial charge is 0.293 e. The van der Waals surface area contributed by atoms with Gasteiger partial charge in [-0.05, 0) is 31.4 Å². The summed E-state index contributed by atoms with van der Waals surface area (Å²) in [6.07, 6.45) is 3.28. The SMILES string of the molecule is O=C(c1nnc2sc(-c3cccc(Br)c3)nn12)N1CCCCC1. The Morgan fingerprint density at radius 1 is 1.17 bits per heavy atom. The lowest BCUT2D eigenvalue weighted by Crippen LogP contribution is -2.36. The molecule has 0 bridgehead atoms. The quantitative estimate of drug-likeness (QED) is 0.672. The van der Waals surface area contributed by atoms with Gasteiger partial charge in [0.15, 0.2) is 0 Å². The number of likely N-dealkylation sites (tertiary alicyclic amines) is 1. The minimum atomic E-state index is -0.0803. The number of carbonyl (C=O) groups is 1. The summed E-state index contributed by atoms with van der Waals surface area (Å²) >= 11 is 4.90. The van der Waals surface area contributed by atoms with Crippen LogP contribution in [0, 0.1) is 0 Å². The number of hydrogen-bond donors (Lipinski definition) is 0. The van der Waals surface area contributed by atoms with Gasteiger partial charge in [0.05, 0.1) is 0 Å². The Bertz CT molecular complexity index is 868. The molecule has 0 radical (unpaired) electrons. The molecule has 1 aromatic carbocycles. The Morgan fingerprint density at radius 2 is 2.00 bits per heavy atom. The normalized spacial score (nSPS) is 15.3. The number of carbonyl (C=O) groups excluding carboxylic acids is 1. The highest BCUT2D eigenvalue weighted by atomic mass is 79.9. The van der Waals surface area contributed by atoms with Crippen LogP contribution in [0.15, 0.2) is 28.7 Å². The van der Waals surface area contributed by atoms with Gasteiger partial charge in [0.1, 0.15) is 5.01 Å². The van der Waals surface area contributed by atoms with E-state index in [0.29, 0.717) is 10.8 Å². The van der Waals surface area contributed by atoms with Gasteiger partial charge >= 0.3 is 0 Å². The number of amides is 1. The van der Waals surface area contributed by atoms with Crippen LogP contribution in [-0.4, -0.2) is 43.7 Å². The van der Waals surface area contributed by atoms with E-state index < -0.39 is 0 Å². The van der Waals surface area contributed by atoms with Crippen molar-refractivity contribution >= 4 is 38.1 Å². The molecule has 0 unspecified atom stereocenters. The van der Waals surface area contributed by atoms with Crippen LogP contribution in [0.2, 0.25) is 0 Å². The lowest BCUT2D eigenvalue weighted by atomic mass is 10.1. The third-order valence-corrected chi connectivity index (χ3v) is 5.34. The predicted octanol–water partition coefficient (Wildman–Crippen LogP) is 3.24. The summed E-state index contributed by atoms with van der Waals surface area (Å²) in [5, 5.41) is 13.5. The molecule has 0 spiro atoms. The second kappa shape index (κ2) is 6.01. The van der Waals surface area contributed by atoms with Crippen LogP contribution in [0.1, 0.15) is 29.9 Å². The van der Waals surface area contributed by atoms with E-state index in [0.717, 1.165) is 41.0 Å². The number of fused-ring (bicyclic) bond motifs is 1. The van der Waals surface area contributed by atoms with E-state index in [9.17, 15) is 4.79 Å². The second-order valence-corrected chi connectivity index (χ2v) is 7.36. The van der Waals surface area contributed by atoms with Gasteiger partial charge in [0.25, 0.3) is 5.91 Å². The Kier molecular flexibility index (Phi) is 3.86. The summed E-state index contributed by atoms with van der Waals surface area (Å²) in [6.45, 7) is 1.58. The molecule has 0 aliphatic carbocycles. The van der Waals surface area contributed by atoms with Crippen molar-refractivity contribution in [3.8, 4) is 10.6 Å². The molecule has 2 aromatic heterocycles. The molecule has 1 aliphatic rings. The van der Waals surface area contributed by atoms with Crippen molar-refractivity contribution in [2.24, 2.45) is 0 Å². The topological polar surface area (TPSA) is 63.4 Å². The molecule has 3 aromatic rings. The van der Waals surface area contributed by atoms with E-state index in [-0.39, 0.29) is 5.91 Å². The van der Waals surface area contributed by atoms with Gasteiger partial charge in [-0.3, -0.25) is 4.79 Å². The maximum atomic E-state index is 12.6. The second-order valence-electron chi connectivity index (χ2n) is 5.49. The highest BCUT2D eigenvalue weighted by Crippen LogP contribution is 2.27. The van der Waals surface area contributed by atoms with Crippen LogP contribution in [0.5, 0.6) is 0 Å². The number of hydrogen-bond acceptors (Lipinski definition) is 5. The first kappa shape index (κ1) is 14.8. The van der Waals surface area contributed by atoms with E-state index >= 15 is 0 Å². The molecule has 0 N–H and O–H groups in total. The zero-order valence-electron chi connectivity index (χ0n) is 12.3. The first-order chi connectivity index (χ1) is 11.2. The van der Waals surface area contributed by atoms with Crippen molar-refractivity contribution in [1.82, 2.24) is 24.7 Å². The maximum absolute atomic E-state index is 12.6. The van der Waals surface area contributed by atoms with E-state index in [1.165, 1.54) is 17.8 Å². The zero-order chi connectivity index (χ0) is 15.8. The molecule has 0 atom stereocenters. The minimum absolute atomic E-state index is 0.0803. The third-order valence-electron chi connectivity index (χ3n) is 3.90. The van der Waals surface area contributed by atoms with Gasteiger partial charge in [-0.2, -0.15) is 9.61 Å². The average Bonchev–Trinajstić information content (AvgIpc) is 3.15. The average molecular weight is 392 g/mol. The number of piperidine rings is 1. The van der Waals surface area contributed by atoms with E-state index in [4.69, 9.17) is 0 Å². The molecule has 1 saturated heterocycles. The lowest BCUT2D eigenvalue weighted by molar-refractivity contribution is 0.0709. The summed E-state index contributed by atoms with van der Waals surface area (Å²) in [7, 11) is 0. The molecule has 23 heavy (non-hydrogen) atoms. The monoisotopic (exact) mass is 391 g/mol. The van der Waals surface area contributed by atoms with Gasteiger partial charge in [-0.15, -0.1) is 10.2 Å². The van der Waals surface area contributed by atoms with Gasteiger partial charge in [0.2, 0.25) is 10.8 Å². The molecule has 0 saturated carbocycles. The number of rotatable bonds is 2. The molecular formula is C15H14BrN5OS. The van der Waals surface area contributed by atoms with Crippen LogP contribution in [0.25, 0.3) is 15.5 Å². The maximum Gasteiger partial charge on any atom is 0.293 e. The molecule has 1 amide bonds. The third kappa shape index (κ3) is 2.76. The zero-order valence-corrected chi connectivity index (χ0v) is 14.7. The van der Waals surface area contributed by atoms with Crippen LogP contribution in [0.4, 0.5) is 0 Å². The van der Waals surface area contributed by atoms with Crippen molar-refractivity contribution in [2.45, 2.75) is 19.3 Å². The first-order valence-corrected chi connectivity index (χ1v) is 9.11. The fraction of sp³-hybridized carbons (Fsp3) is 0.333. The van der Waals surface area contributed by atoms with E-state index in [1.54, 1.807) is 4.52 Å². The minimum Gasteiger partial charge on any atom is -0.336 e. The molecule has 118 valence electrons. The van der Waals surface area contributed by atoms with Crippen LogP contribution in [0.3, 0.4) is 0 Å². The summed E-state index contributed by atoms with van der Waals surface area (Å²) in [5.41, 5.74) is 0.992. The summed E-state index contributed by atoms with van der Waals surface area (Å²) < 4.78 is 2.56. The largest absolute Gasteiger partial charge is 0.336 e. The number of benzene rings is 1. The number of nitrogens with zero attached hydrogens (tertiary/aromatic N) is 5. The molecule has 8 heteroatoms. The predicted molar refractivity (Wildman–Crippen MR) is 91.5 cm³/mol. The van der Waals surface area contributed by atoms with Gasteiger partial charge in [0, 0.05) is 23.1 Å². The van der Waals surface area contributed by atoms with Crippen molar-refractivity contribution in [2.75, 3.05) is 13.1 Å². The van der Waals surface area contributed by atoms with Crippen molar-refractivity contribution in [3.63, 3.8) is 0 Å². The fourth-order valence-electron chi connectivity index (χ4n) is 2.73. The summed E-state index contributed by atoms with van der Waals surface area (Å²) in [4.78, 5) is 15.1. The van der Waals surface area contributed by atoms with Crippen molar-refractivity contribution in [1.29, 1.82) is 0 Å². The summed E-state index contributed by atoms with van der Waals surface area (Å²) in [5.74, 6) is 0.225. The number of aromatic nitrogens is 4. The van der Waals surface area contributed by atoms with Gasteiger partial charge < -0.3 is 4.90 Å². The van der Waals surface area contributed by atoms with Gasteiger partial charge in [-0.1, -0.05) is 39.4 Å². The lowest BCUT2D eigenvalue weighted by Gasteiger charge is -2.25. The van der Waals surface area contributed by atoms with Crippen LogP contribution >= 0.6 is 27.3 Å². The molecular weight excluding hydrogens is 378 g/mol. The van der Waals surface area contributed by atoms with Crippen molar-refractivity contribution < 1.29 is 4.79 Å². The van der Waals surface area contributed by atoms with Crippen LogP contribution < -0.4 is 0 Å². The summed E-state index contributed by atoms with van der Waals surface area (Å²) in [6, 6.07) is 7.91. The first-order valence-electron chi connectivity index (χ1n) is 7.50. The molecule has 1 fully saturated rings. The highest BCUT2D eigenvalue weighted by Gasteiger charge is 2.25. The Labute approximate surface area is 145 Å². The standard InChI is InChI=1S/C15H14BrN5OS/c16-11-6-4-5-10(9-11)13-19-21-12(17-18-15(21)23-13)14(22)20-7-2-1-3-8-20/h4-6,9H,1-3,7-8H2. The van der Waals surface area contributed by atoms with Crippen molar-refractivity contribution in [3.05, 3.63) is 34.6 Å². The fourth-order valence-corrected chi connectivity index (χ4v) is 3.96. The van der Waals surface area contributed by atoms with Gasteiger partial charge in [-0.25, -0.2) is 0 Å². The molecule has 3 heterocycles. The van der Waals surface area contributed by atoms with E-state index in [1.807, 2.05) is 29.2 Å². The molecule has 1 aliphatic heterocycles. The van der Waals surface area contributed by atoms with Crippen LogP contribution in [-0.2, 0) is 0 Å². The highest BCUT2D eigenvalue weighted by molar-refractivity contribution is 9.10. The molecule has 4 rings (SSSR count). The Hall–Kier alpha value is -1.80. The Morgan fingerprint density at radius 3 is 2.78 bits per heavy atom. The molecule has 6 nitrogen and oxygen atoms in total. The van der Waals surface area contributed by atoms with E-state index in [2.05, 4.69) is 31.2 Å². The Balaban J connectivity index is 1.70. The number of halogens is 1.